The Balaban J connectivity index is 0.000000160. The van der Waals surface area contributed by atoms with Gasteiger partial charge in [0.2, 0.25) is 5.88 Å². The predicted octanol–water partition coefficient (Wildman–Crippen LogP) is 11.6. The van der Waals surface area contributed by atoms with Crippen LogP contribution in [0.4, 0.5) is 10.5 Å². The molecular weight excluding hydrogens is 1090 g/mol. The summed E-state index contributed by atoms with van der Waals surface area (Å²) < 4.78 is 27.5. The second-order valence-corrected chi connectivity index (χ2v) is 22.4. The van der Waals surface area contributed by atoms with Crippen molar-refractivity contribution in [1.29, 1.82) is 0 Å². The molecule has 4 N–H and O–H groups in total. The summed E-state index contributed by atoms with van der Waals surface area (Å²) in [7, 11) is 0. The fourth-order valence-electron chi connectivity index (χ4n) is 10.1. The Kier molecular flexibility index (Phi) is 17.7. The maximum absolute atomic E-state index is 13.7. The standard InChI is InChI=1S/C28H33N5O5.C19H24ClN5O2.C12H11ClN4/c1-16-6-8-20(9-7-16)24-30-25-21(27(34)37-23-18(3)14-17(2)15-19(23)4)22(29-5)26(33(25)31-24)38-28(35)32-10-12-36-13-11-32;1-10-6-7-11(2)15(8-10)27-14(5)19(26)21-9-12(3)17-22-18-16(20)13(4)23-25(18)24-17;1-7-3-5-9(6-4-7)11-14-12-10(13)8(2)15-17(12)16-11/h6-9,17-19,23H,10-15H2,1-4H3,(H,30,31);6-8,12,14,23H,9H2,1-5H3,(H,21,26);3-6,15H,1-2H3. The lowest BCUT2D eigenvalue weighted by molar-refractivity contribution is -0.127. The number of H-pyrrole nitrogens is 3. The molecule has 9 aromatic rings. The van der Waals surface area contributed by atoms with Crippen LogP contribution in [-0.4, -0.2) is 122 Å². The van der Waals surface area contributed by atoms with E-state index >= 15 is 0 Å². The summed E-state index contributed by atoms with van der Waals surface area (Å²) >= 11 is 12.3. The molecule has 1 saturated heterocycles. The number of carbonyl (C=O) groups excluding carboxylic acids is 3. The number of morpholine rings is 1. The summed E-state index contributed by atoms with van der Waals surface area (Å²) in [4.78, 5) is 57.7. The van der Waals surface area contributed by atoms with E-state index in [0.29, 0.717) is 77.6 Å². The first kappa shape index (κ1) is 58.5. The molecule has 21 nitrogen and oxygen atoms in total. The summed E-state index contributed by atoms with van der Waals surface area (Å²) in [5.74, 6) is 2.47. The van der Waals surface area contributed by atoms with Gasteiger partial charge in [-0.2, -0.15) is 9.26 Å². The van der Waals surface area contributed by atoms with Crippen LogP contribution in [0.15, 0.2) is 66.7 Å². The number of nitrogens with zero attached hydrogens (tertiary/aromatic N) is 10. The Morgan fingerprint density at radius 2 is 1.35 bits per heavy atom. The Morgan fingerprint density at radius 1 is 0.768 bits per heavy atom. The average molecular weight is 1160 g/mol. The fraction of sp³-hybridized carbons (Fsp3) is 0.407. The second-order valence-electron chi connectivity index (χ2n) is 21.6. The molecule has 2 amide bonds. The highest BCUT2D eigenvalue weighted by molar-refractivity contribution is 6.34. The number of benzene rings is 3. The third kappa shape index (κ3) is 12.8. The van der Waals surface area contributed by atoms with Crippen molar-refractivity contribution in [2.24, 2.45) is 17.8 Å². The van der Waals surface area contributed by atoms with Gasteiger partial charge in [0.05, 0.1) is 31.2 Å². The summed E-state index contributed by atoms with van der Waals surface area (Å²) in [6, 6.07) is 21.8. The molecule has 2 fully saturated rings. The first-order chi connectivity index (χ1) is 39.2. The highest BCUT2D eigenvalue weighted by Crippen LogP contribution is 2.41. The predicted molar refractivity (Wildman–Crippen MR) is 312 cm³/mol. The van der Waals surface area contributed by atoms with E-state index in [2.05, 4.69) is 78.3 Å². The monoisotopic (exact) mass is 1150 g/mol. The Hall–Kier alpha value is -8.19. The minimum atomic E-state index is -0.637. The number of carbonyl (C=O) groups is 3. The minimum absolute atomic E-state index is 0.00240. The quantitative estimate of drug-likeness (QED) is 0.0700. The van der Waals surface area contributed by atoms with E-state index in [1.165, 1.54) is 15.0 Å². The Labute approximate surface area is 484 Å². The van der Waals surface area contributed by atoms with Gasteiger partial charge in [0, 0.05) is 36.7 Å². The number of hydrogen-bond donors (Lipinski definition) is 4. The van der Waals surface area contributed by atoms with Crippen molar-refractivity contribution in [2.75, 3.05) is 32.8 Å². The molecule has 0 bridgehead atoms. The number of nitrogens with one attached hydrogen (secondary N) is 4. The van der Waals surface area contributed by atoms with Crippen molar-refractivity contribution >= 4 is 63.8 Å². The molecule has 82 heavy (non-hydrogen) atoms. The van der Waals surface area contributed by atoms with Crippen LogP contribution < -0.4 is 14.8 Å². The number of esters is 1. The van der Waals surface area contributed by atoms with Crippen molar-refractivity contribution < 1.29 is 33.3 Å². The van der Waals surface area contributed by atoms with Crippen LogP contribution in [0.3, 0.4) is 0 Å². The number of amides is 2. The van der Waals surface area contributed by atoms with Crippen molar-refractivity contribution in [3.63, 3.8) is 0 Å². The zero-order valence-corrected chi connectivity index (χ0v) is 49.4. The van der Waals surface area contributed by atoms with Crippen molar-refractivity contribution in [2.45, 2.75) is 107 Å². The molecule has 2 aliphatic rings. The number of hydrogen-bond acceptors (Lipinski definition) is 12. The topological polar surface area (TPSA) is 233 Å². The SMILES string of the molecule is Cc1ccc(-c2nc3c(Cl)c(C)[nH]n3n2)cc1.Cc1ccc(C)c(OC(C)C(=O)NCC(C)c2nc3c(Cl)c(C)[nH]n3n2)c1.[C-]#[N+]c1c(C(=O)OC2C(C)CC(C)CC2C)c2nc(-c3ccc(C)cc3)[nH]n2c1OC(=O)N1CCOCC1. The van der Waals surface area contributed by atoms with E-state index in [0.717, 1.165) is 57.8 Å². The van der Waals surface area contributed by atoms with E-state index in [9.17, 15) is 14.4 Å². The van der Waals surface area contributed by atoms with Crippen molar-refractivity contribution in [3.05, 3.63) is 133 Å². The maximum atomic E-state index is 13.7. The van der Waals surface area contributed by atoms with Crippen LogP contribution >= 0.6 is 23.2 Å². The third-order valence-electron chi connectivity index (χ3n) is 14.7. The highest BCUT2D eigenvalue weighted by Gasteiger charge is 2.38. The molecule has 4 unspecified atom stereocenters. The number of fused-ring (bicyclic) bond motifs is 3. The van der Waals surface area contributed by atoms with Crippen molar-refractivity contribution in [1.82, 2.24) is 64.4 Å². The van der Waals surface area contributed by atoms with Gasteiger partial charge in [-0.25, -0.2) is 33.9 Å². The Morgan fingerprint density at radius 3 is 1.95 bits per heavy atom. The molecule has 430 valence electrons. The molecule has 1 aliphatic carbocycles. The summed E-state index contributed by atoms with van der Waals surface area (Å²) in [6.07, 6.45) is 0.436. The zero-order valence-electron chi connectivity index (χ0n) is 47.9. The fourth-order valence-corrected chi connectivity index (χ4v) is 10.5. The van der Waals surface area contributed by atoms with Gasteiger partial charge < -0.3 is 29.2 Å². The molecule has 6 aromatic heterocycles. The molecule has 23 heteroatoms. The van der Waals surface area contributed by atoms with Gasteiger partial charge in [-0.05, 0) is 96.3 Å². The van der Waals surface area contributed by atoms with Gasteiger partial charge in [0.15, 0.2) is 40.5 Å². The van der Waals surface area contributed by atoms with Crippen LogP contribution in [-0.2, 0) is 14.3 Å². The first-order valence-corrected chi connectivity index (χ1v) is 28.1. The normalized spacial score (nSPS) is 17.8. The minimum Gasteiger partial charge on any atom is -0.481 e. The smallest absolute Gasteiger partial charge is 0.415 e. The molecule has 1 aliphatic heterocycles. The zero-order chi connectivity index (χ0) is 58.7. The maximum Gasteiger partial charge on any atom is 0.415 e. The van der Waals surface area contributed by atoms with E-state index < -0.39 is 18.2 Å². The summed E-state index contributed by atoms with van der Waals surface area (Å²) in [5.41, 5.74) is 9.20. The van der Waals surface area contributed by atoms with Crippen LogP contribution in [0.25, 0.3) is 44.6 Å². The molecule has 1 saturated carbocycles. The molecular formula is C59H68Cl2N14O7. The van der Waals surface area contributed by atoms with E-state index in [1.54, 1.807) is 16.2 Å². The molecule has 11 rings (SSSR count). The van der Waals surface area contributed by atoms with Gasteiger partial charge in [0.1, 0.15) is 27.5 Å². The largest absolute Gasteiger partial charge is 0.481 e. The van der Waals surface area contributed by atoms with E-state index in [1.807, 2.05) is 108 Å². The van der Waals surface area contributed by atoms with Gasteiger partial charge in [-0.3, -0.25) is 20.1 Å². The van der Waals surface area contributed by atoms with E-state index in [4.69, 9.17) is 48.7 Å². The van der Waals surface area contributed by atoms with Gasteiger partial charge in [-0.1, -0.05) is 123 Å². The highest BCUT2D eigenvalue weighted by atomic mass is 35.5. The van der Waals surface area contributed by atoms with Crippen LogP contribution in [0.5, 0.6) is 11.6 Å². The van der Waals surface area contributed by atoms with E-state index in [-0.39, 0.29) is 52.5 Å². The van der Waals surface area contributed by atoms with Crippen LogP contribution in [0.2, 0.25) is 10.0 Å². The molecule has 0 spiro atoms. The number of ether oxygens (including phenoxy) is 4. The lowest BCUT2D eigenvalue weighted by Gasteiger charge is -2.37. The molecule has 3 aromatic carbocycles. The number of aromatic amines is 3. The van der Waals surface area contributed by atoms with Crippen LogP contribution in [0, 0.1) is 65.9 Å². The number of aromatic nitrogens is 11. The summed E-state index contributed by atoms with van der Waals surface area (Å²) in [5, 5.41) is 22.0. The lowest BCUT2D eigenvalue weighted by Crippen LogP contribution is -2.42. The number of rotatable bonds is 11. The lowest BCUT2D eigenvalue weighted by atomic mass is 9.75. The van der Waals surface area contributed by atoms with Crippen LogP contribution in [0.1, 0.15) is 103 Å². The summed E-state index contributed by atoms with van der Waals surface area (Å²) in [6.45, 7) is 31.7. The Bertz CT molecular complexity index is 3790. The molecule has 7 heterocycles. The second kappa shape index (κ2) is 24.9. The first-order valence-electron chi connectivity index (χ1n) is 27.3. The number of aryl methyl sites for hydroxylation is 6. The third-order valence-corrected chi connectivity index (χ3v) is 15.6. The van der Waals surface area contributed by atoms with Gasteiger partial charge in [-0.15, -0.1) is 10.2 Å². The van der Waals surface area contributed by atoms with Gasteiger partial charge in [0.25, 0.3) is 11.6 Å². The molecule has 0 radical (unpaired) electrons. The number of halogens is 2. The molecule has 4 atom stereocenters. The van der Waals surface area contributed by atoms with Gasteiger partial charge >= 0.3 is 12.1 Å². The van der Waals surface area contributed by atoms with Crippen molar-refractivity contribution in [3.8, 4) is 34.4 Å². The average Bonchev–Trinajstić information content (AvgIpc) is 3.05.